The van der Waals surface area contributed by atoms with Gasteiger partial charge in [0.1, 0.15) is 6.07 Å². The zero-order valence-corrected chi connectivity index (χ0v) is 13.4. The van der Waals surface area contributed by atoms with Crippen LogP contribution in [0.4, 0.5) is 23.7 Å². The summed E-state index contributed by atoms with van der Waals surface area (Å²) in [6, 6.07) is 5.30. The number of nitriles is 1. The van der Waals surface area contributed by atoms with E-state index >= 15 is 0 Å². The zero-order chi connectivity index (χ0) is 18.4. The number of alkyl halides is 3. The summed E-state index contributed by atoms with van der Waals surface area (Å²) < 4.78 is 38.3. The van der Waals surface area contributed by atoms with E-state index in [-0.39, 0.29) is 11.6 Å². The number of nitrogens with zero attached hydrogens (tertiary/aromatic N) is 2. The van der Waals surface area contributed by atoms with E-state index in [2.05, 4.69) is 10.6 Å². The van der Waals surface area contributed by atoms with Crippen molar-refractivity contribution in [3.05, 3.63) is 29.3 Å². The van der Waals surface area contributed by atoms with Crippen molar-refractivity contribution < 1.29 is 23.1 Å². The van der Waals surface area contributed by atoms with E-state index in [1.54, 1.807) is 0 Å². The number of anilines is 1. The number of hydrogen-bond donors (Lipinski definition) is 3. The van der Waals surface area contributed by atoms with E-state index in [9.17, 15) is 18.0 Å². The maximum Gasteiger partial charge on any atom is 0.416 e. The lowest BCUT2D eigenvalue weighted by atomic mass is 10.0. The summed E-state index contributed by atoms with van der Waals surface area (Å²) in [4.78, 5) is 12.3. The Hall–Kier alpha value is -2.47. The van der Waals surface area contributed by atoms with Crippen molar-refractivity contribution in [1.29, 1.82) is 5.26 Å². The summed E-state index contributed by atoms with van der Waals surface area (Å²) in [5, 5.41) is 23.2. The molecule has 25 heavy (non-hydrogen) atoms. The van der Waals surface area contributed by atoms with Gasteiger partial charge in [-0.3, -0.25) is 0 Å². The second-order valence-corrected chi connectivity index (χ2v) is 5.79. The van der Waals surface area contributed by atoms with E-state index < -0.39 is 17.8 Å². The van der Waals surface area contributed by atoms with Gasteiger partial charge in [-0.15, -0.1) is 0 Å². The van der Waals surface area contributed by atoms with Crippen LogP contribution >= 0.6 is 0 Å². The van der Waals surface area contributed by atoms with Gasteiger partial charge in [-0.1, -0.05) is 0 Å². The minimum atomic E-state index is -4.47. The van der Waals surface area contributed by atoms with Crippen LogP contribution in [-0.2, 0) is 6.18 Å². The second-order valence-electron chi connectivity index (χ2n) is 5.79. The molecule has 0 unspecified atom stereocenters. The normalized spacial score (nSPS) is 15.7. The van der Waals surface area contributed by atoms with Gasteiger partial charge in [0.2, 0.25) is 0 Å². The number of piperidine rings is 1. The molecular weight excluding hydrogens is 337 g/mol. The van der Waals surface area contributed by atoms with Gasteiger partial charge in [0.15, 0.2) is 0 Å². The fourth-order valence-electron chi connectivity index (χ4n) is 2.85. The molecule has 0 atom stereocenters. The van der Waals surface area contributed by atoms with Crippen LogP contribution in [0.3, 0.4) is 0 Å². The number of amides is 1. The Morgan fingerprint density at radius 3 is 2.56 bits per heavy atom. The first kappa shape index (κ1) is 18.9. The first-order valence-electron chi connectivity index (χ1n) is 7.87. The molecule has 0 bridgehead atoms. The van der Waals surface area contributed by atoms with Crippen molar-refractivity contribution >= 4 is 11.8 Å². The van der Waals surface area contributed by atoms with Crippen molar-refractivity contribution in [2.45, 2.75) is 25.1 Å². The molecule has 0 spiro atoms. The van der Waals surface area contributed by atoms with E-state index in [4.69, 9.17) is 10.4 Å². The summed E-state index contributed by atoms with van der Waals surface area (Å²) in [5.41, 5.74) is -0.288. The maximum atomic E-state index is 12.8. The van der Waals surface area contributed by atoms with Crippen LogP contribution in [0.2, 0.25) is 0 Å². The minimum absolute atomic E-state index is 0.0203. The number of carbonyl (C=O) groups is 1. The number of carboxylic acid groups (broad SMARTS) is 1. The molecule has 6 nitrogen and oxygen atoms in total. The van der Waals surface area contributed by atoms with Crippen LogP contribution in [0.1, 0.15) is 24.0 Å². The van der Waals surface area contributed by atoms with Gasteiger partial charge < -0.3 is 20.6 Å². The van der Waals surface area contributed by atoms with Crippen molar-refractivity contribution in [1.82, 2.24) is 10.6 Å². The lowest BCUT2D eigenvalue weighted by Crippen LogP contribution is -2.44. The second kappa shape index (κ2) is 8.07. The lowest BCUT2D eigenvalue weighted by Gasteiger charge is -2.34. The molecule has 1 aliphatic rings. The third-order valence-corrected chi connectivity index (χ3v) is 4.11. The van der Waals surface area contributed by atoms with Gasteiger partial charge in [-0.2, -0.15) is 18.4 Å². The summed E-state index contributed by atoms with van der Waals surface area (Å²) in [6.45, 7) is 2.06. The Labute approximate surface area is 143 Å². The largest absolute Gasteiger partial charge is 0.465 e. The van der Waals surface area contributed by atoms with Gasteiger partial charge in [-0.05, 0) is 31.0 Å². The highest BCUT2D eigenvalue weighted by molar-refractivity contribution is 5.64. The number of rotatable bonds is 5. The van der Waals surface area contributed by atoms with Crippen molar-refractivity contribution in [3.63, 3.8) is 0 Å². The molecule has 1 fully saturated rings. The van der Waals surface area contributed by atoms with Crippen molar-refractivity contribution in [2.75, 3.05) is 31.1 Å². The van der Waals surface area contributed by atoms with Gasteiger partial charge in [0.05, 0.1) is 16.8 Å². The van der Waals surface area contributed by atoms with Gasteiger partial charge in [0.25, 0.3) is 0 Å². The zero-order valence-electron chi connectivity index (χ0n) is 13.4. The van der Waals surface area contributed by atoms with Crippen LogP contribution < -0.4 is 15.5 Å². The number of hydrogen-bond acceptors (Lipinski definition) is 4. The van der Waals surface area contributed by atoms with E-state index in [1.807, 2.05) is 11.0 Å². The molecule has 0 radical (unpaired) electrons. The van der Waals surface area contributed by atoms with Crippen molar-refractivity contribution in [2.24, 2.45) is 0 Å². The molecule has 1 aromatic carbocycles. The van der Waals surface area contributed by atoms with E-state index in [0.29, 0.717) is 31.9 Å². The third-order valence-electron chi connectivity index (χ3n) is 4.11. The Morgan fingerprint density at radius 1 is 1.32 bits per heavy atom. The molecule has 9 heteroatoms. The first-order chi connectivity index (χ1) is 11.8. The van der Waals surface area contributed by atoms with Gasteiger partial charge in [-0.25, -0.2) is 4.79 Å². The summed E-state index contributed by atoms with van der Waals surface area (Å²) in [5.74, 6) is 0. The molecule has 0 saturated carbocycles. The van der Waals surface area contributed by atoms with Crippen LogP contribution in [0.25, 0.3) is 0 Å². The number of benzene rings is 1. The quantitative estimate of drug-likeness (QED) is 0.705. The fourth-order valence-corrected chi connectivity index (χ4v) is 2.85. The Bertz CT molecular complexity index is 650. The van der Waals surface area contributed by atoms with E-state index in [1.165, 1.54) is 6.07 Å². The Morgan fingerprint density at radius 2 is 2.00 bits per heavy atom. The molecular formula is C16H19F3N4O2. The Kier molecular flexibility index (Phi) is 6.09. The molecule has 2 rings (SSSR count). The fraction of sp³-hybridized carbons (Fsp3) is 0.500. The smallest absolute Gasteiger partial charge is 0.416 e. The van der Waals surface area contributed by atoms with E-state index in [0.717, 1.165) is 25.0 Å². The summed E-state index contributed by atoms with van der Waals surface area (Å²) in [7, 11) is 0. The highest BCUT2D eigenvalue weighted by Crippen LogP contribution is 2.33. The number of halogens is 3. The molecule has 1 aliphatic heterocycles. The third kappa shape index (κ3) is 5.26. The predicted octanol–water partition coefficient (Wildman–Crippen LogP) is 2.40. The molecule has 0 aliphatic carbocycles. The molecule has 0 aromatic heterocycles. The topological polar surface area (TPSA) is 88.4 Å². The average Bonchev–Trinajstić information content (AvgIpc) is 2.58. The monoisotopic (exact) mass is 356 g/mol. The minimum Gasteiger partial charge on any atom is -0.465 e. The highest BCUT2D eigenvalue weighted by atomic mass is 19.4. The van der Waals surface area contributed by atoms with Crippen LogP contribution in [0.5, 0.6) is 0 Å². The molecule has 1 heterocycles. The van der Waals surface area contributed by atoms with Crippen molar-refractivity contribution in [3.8, 4) is 6.07 Å². The summed E-state index contributed by atoms with van der Waals surface area (Å²) in [6.07, 6.45) is -4.01. The molecule has 1 saturated heterocycles. The maximum absolute atomic E-state index is 12.8. The first-order valence-corrected chi connectivity index (χ1v) is 7.87. The molecule has 136 valence electrons. The molecule has 3 N–H and O–H groups in total. The average molecular weight is 356 g/mol. The Balaban J connectivity index is 1.92. The number of nitrogens with one attached hydrogen (secondary N) is 2. The predicted molar refractivity (Wildman–Crippen MR) is 85.4 cm³/mol. The SMILES string of the molecule is N#Cc1cc(C(F)(F)F)ccc1N1CCC(NCCNC(=O)O)CC1. The highest BCUT2D eigenvalue weighted by Gasteiger charge is 2.31. The summed E-state index contributed by atoms with van der Waals surface area (Å²) >= 11 is 0. The molecule has 1 amide bonds. The standard InChI is InChI=1S/C16H19F3N4O2/c17-16(18,19)12-1-2-14(11(9-12)10-20)23-7-3-13(4-8-23)21-5-6-22-15(24)25/h1-2,9,13,21-22H,3-8H2,(H,24,25). The van der Waals surface area contributed by atoms with Crippen LogP contribution in [-0.4, -0.2) is 43.4 Å². The molecule has 1 aromatic rings. The van der Waals surface area contributed by atoms with Crippen LogP contribution in [0.15, 0.2) is 18.2 Å². The van der Waals surface area contributed by atoms with Crippen LogP contribution in [0, 0.1) is 11.3 Å². The van der Waals surface area contributed by atoms with Gasteiger partial charge in [0, 0.05) is 32.2 Å². The van der Waals surface area contributed by atoms with Gasteiger partial charge >= 0.3 is 12.3 Å². The lowest BCUT2D eigenvalue weighted by molar-refractivity contribution is -0.137.